The van der Waals surface area contributed by atoms with E-state index in [-0.39, 0.29) is 24.5 Å². The van der Waals surface area contributed by atoms with Gasteiger partial charge < -0.3 is 20.2 Å². The van der Waals surface area contributed by atoms with Crippen LogP contribution in [0.5, 0.6) is 0 Å². The summed E-state index contributed by atoms with van der Waals surface area (Å²) >= 11 is 0. The third kappa shape index (κ3) is 1.25. The molecule has 0 spiro atoms. The van der Waals surface area contributed by atoms with E-state index in [2.05, 4.69) is 0 Å². The van der Waals surface area contributed by atoms with Gasteiger partial charge in [-0.2, -0.15) is 0 Å². The second-order valence-corrected chi connectivity index (χ2v) is 3.64. The third-order valence-corrected chi connectivity index (χ3v) is 2.89. The topological polar surface area (TPSA) is 98.1 Å². The summed E-state index contributed by atoms with van der Waals surface area (Å²) in [4.78, 5) is 23.3. The maximum atomic E-state index is 11.2. The zero-order chi connectivity index (χ0) is 11.2. The lowest BCUT2D eigenvalue weighted by Gasteiger charge is -2.37. The van der Waals surface area contributed by atoms with Crippen molar-refractivity contribution in [3.05, 3.63) is 11.6 Å². The highest BCUT2D eigenvalue weighted by Gasteiger charge is 2.56. The first kappa shape index (κ1) is 10.1. The molecule has 0 saturated carbocycles. The van der Waals surface area contributed by atoms with Gasteiger partial charge >= 0.3 is 5.97 Å². The minimum atomic E-state index is -1.18. The molecule has 0 aliphatic carbocycles. The fraction of sp³-hybridized carbons (Fsp3) is 0.556. The Hall–Kier alpha value is -1.40. The monoisotopic (exact) mass is 213 g/mol. The van der Waals surface area contributed by atoms with Crippen LogP contribution in [-0.4, -0.2) is 56.9 Å². The van der Waals surface area contributed by atoms with Crippen molar-refractivity contribution in [3.8, 4) is 0 Å². The standard InChI is InChI=1S/C9H11NO5/c11-2-1-4-7(9(14)15)10-5(8(4)13)3-6(10)12/h1,5,7-8,11,13H,2-3H2,(H,14,15)/b4-1-/t5-,7?,8-/m1/s1. The Kier molecular flexibility index (Phi) is 2.24. The van der Waals surface area contributed by atoms with Crippen molar-refractivity contribution in [1.29, 1.82) is 0 Å². The molecule has 0 aromatic rings. The van der Waals surface area contributed by atoms with Crippen molar-refractivity contribution in [2.45, 2.75) is 24.6 Å². The van der Waals surface area contributed by atoms with Crippen LogP contribution in [-0.2, 0) is 9.59 Å². The van der Waals surface area contributed by atoms with E-state index in [9.17, 15) is 14.7 Å². The van der Waals surface area contributed by atoms with Gasteiger partial charge in [0.15, 0.2) is 6.04 Å². The second-order valence-electron chi connectivity index (χ2n) is 3.64. The molecule has 1 unspecified atom stereocenters. The molecule has 0 bridgehead atoms. The Bertz CT molecular complexity index is 350. The molecule has 2 aliphatic rings. The summed E-state index contributed by atoms with van der Waals surface area (Å²) in [6.45, 7) is -0.342. The number of amides is 1. The first-order valence-corrected chi connectivity index (χ1v) is 4.60. The van der Waals surface area contributed by atoms with E-state index >= 15 is 0 Å². The number of β-lactam (4-membered cyclic amide) rings is 1. The van der Waals surface area contributed by atoms with Crippen LogP contribution in [0.4, 0.5) is 0 Å². The summed E-state index contributed by atoms with van der Waals surface area (Å²) in [5, 5.41) is 27.4. The van der Waals surface area contributed by atoms with Crippen LogP contribution >= 0.6 is 0 Å². The molecule has 15 heavy (non-hydrogen) atoms. The fourth-order valence-corrected chi connectivity index (χ4v) is 2.20. The molecule has 0 aromatic carbocycles. The Labute approximate surface area is 85.4 Å². The largest absolute Gasteiger partial charge is 0.479 e. The third-order valence-electron chi connectivity index (χ3n) is 2.89. The molecule has 3 N–H and O–H groups in total. The van der Waals surface area contributed by atoms with Gasteiger partial charge in [0, 0.05) is 0 Å². The highest BCUT2D eigenvalue weighted by molar-refractivity contribution is 5.93. The number of carboxylic acid groups (broad SMARTS) is 1. The number of carboxylic acids is 1. The maximum absolute atomic E-state index is 11.2. The number of carbonyl (C=O) groups is 2. The first-order valence-electron chi connectivity index (χ1n) is 4.60. The average molecular weight is 213 g/mol. The van der Waals surface area contributed by atoms with E-state index in [1.807, 2.05) is 0 Å². The quantitative estimate of drug-likeness (QED) is 0.376. The van der Waals surface area contributed by atoms with E-state index in [0.29, 0.717) is 0 Å². The highest BCUT2D eigenvalue weighted by Crippen LogP contribution is 2.38. The SMILES string of the molecule is O=C(O)C1/C(=C/CO)[C@@H](O)[C@H]2CC(=O)N12. The first-order chi connectivity index (χ1) is 7.07. The van der Waals surface area contributed by atoms with Crippen LogP contribution < -0.4 is 0 Å². The maximum Gasteiger partial charge on any atom is 0.330 e. The molecule has 2 heterocycles. The minimum Gasteiger partial charge on any atom is -0.479 e. The van der Waals surface area contributed by atoms with Gasteiger partial charge in [0.25, 0.3) is 0 Å². The zero-order valence-electron chi connectivity index (χ0n) is 7.83. The summed E-state index contributed by atoms with van der Waals surface area (Å²) in [6, 6.07) is -1.55. The predicted molar refractivity (Wildman–Crippen MR) is 47.9 cm³/mol. The van der Waals surface area contributed by atoms with Gasteiger partial charge in [-0.05, 0) is 5.57 Å². The molecule has 2 aliphatic heterocycles. The van der Waals surface area contributed by atoms with Crippen molar-refractivity contribution in [2.24, 2.45) is 0 Å². The number of nitrogens with zero attached hydrogens (tertiary/aromatic N) is 1. The molecule has 2 saturated heterocycles. The lowest BCUT2D eigenvalue weighted by molar-refractivity contribution is -0.157. The minimum absolute atomic E-state index is 0.174. The summed E-state index contributed by atoms with van der Waals surface area (Å²) in [5.41, 5.74) is 0.209. The lowest BCUT2D eigenvalue weighted by atomic mass is 9.99. The van der Waals surface area contributed by atoms with Crippen LogP contribution in [0.15, 0.2) is 11.6 Å². The molecule has 2 fully saturated rings. The molecule has 0 radical (unpaired) electrons. The molecular weight excluding hydrogens is 202 g/mol. The number of carbonyl (C=O) groups excluding carboxylic acids is 1. The van der Waals surface area contributed by atoms with Crippen molar-refractivity contribution in [3.63, 3.8) is 0 Å². The summed E-state index contributed by atoms with van der Waals surface area (Å²) in [6.07, 6.45) is 0.471. The number of aliphatic hydroxyl groups excluding tert-OH is 2. The number of rotatable bonds is 2. The van der Waals surface area contributed by atoms with Crippen LogP contribution in [0.1, 0.15) is 6.42 Å². The van der Waals surface area contributed by atoms with Gasteiger partial charge in [-0.1, -0.05) is 6.08 Å². The van der Waals surface area contributed by atoms with Crippen LogP contribution in [0.25, 0.3) is 0 Å². The van der Waals surface area contributed by atoms with Crippen LogP contribution in [0.2, 0.25) is 0 Å². The number of fused-ring (bicyclic) bond motifs is 1. The Morgan fingerprint density at radius 3 is 2.73 bits per heavy atom. The summed E-state index contributed by atoms with van der Waals surface area (Å²) in [7, 11) is 0. The van der Waals surface area contributed by atoms with Crippen molar-refractivity contribution in [2.75, 3.05) is 6.61 Å². The van der Waals surface area contributed by atoms with Crippen molar-refractivity contribution >= 4 is 11.9 Å². The number of aliphatic carboxylic acids is 1. The Morgan fingerprint density at radius 2 is 2.27 bits per heavy atom. The van der Waals surface area contributed by atoms with Crippen molar-refractivity contribution < 1.29 is 24.9 Å². The number of aliphatic hydroxyl groups is 2. The highest BCUT2D eigenvalue weighted by atomic mass is 16.4. The molecule has 6 heteroatoms. The summed E-state index contributed by atoms with van der Waals surface area (Å²) < 4.78 is 0. The van der Waals surface area contributed by atoms with Crippen LogP contribution in [0, 0.1) is 0 Å². The molecule has 2 rings (SSSR count). The Balaban J connectivity index is 2.35. The van der Waals surface area contributed by atoms with Crippen molar-refractivity contribution in [1.82, 2.24) is 4.90 Å². The fourth-order valence-electron chi connectivity index (χ4n) is 2.20. The van der Waals surface area contributed by atoms with E-state index in [0.717, 1.165) is 4.90 Å². The van der Waals surface area contributed by atoms with E-state index in [1.54, 1.807) is 0 Å². The summed E-state index contributed by atoms with van der Waals surface area (Å²) in [5.74, 6) is -1.45. The van der Waals surface area contributed by atoms with E-state index in [1.165, 1.54) is 6.08 Å². The molecule has 0 aromatic heterocycles. The van der Waals surface area contributed by atoms with E-state index < -0.39 is 24.2 Å². The molecule has 6 nitrogen and oxygen atoms in total. The normalized spacial score (nSPS) is 36.7. The van der Waals surface area contributed by atoms with Crippen LogP contribution in [0.3, 0.4) is 0 Å². The Morgan fingerprint density at radius 1 is 1.60 bits per heavy atom. The number of hydrogen-bond donors (Lipinski definition) is 3. The second kappa shape index (κ2) is 3.32. The van der Waals surface area contributed by atoms with Gasteiger partial charge in [-0.25, -0.2) is 4.79 Å². The molecular formula is C9H11NO5. The van der Waals surface area contributed by atoms with Gasteiger partial charge in [-0.15, -0.1) is 0 Å². The van der Waals surface area contributed by atoms with Gasteiger partial charge in [0.2, 0.25) is 5.91 Å². The number of hydrogen-bond acceptors (Lipinski definition) is 4. The molecule has 1 amide bonds. The van der Waals surface area contributed by atoms with E-state index in [4.69, 9.17) is 10.2 Å². The zero-order valence-corrected chi connectivity index (χ0v) is 7.83. The lowest BCUT2D eigenvalue weighted by Crippen LogP contribution is -2.56. The molecule has 82 valence electrons. The average Bonchev–Trinajstić information content (AvgIpc) is 2.38. The van der Waals surface area contributed by atoms with Gasteiger partial charge in [0.1, 0.15) is 0 Å². The van der Waals surface area contributed by atoms with Gasteiger partial charge in [-0.3, -0.25) is 4.79 Å². The smallest absolute Gasteiger partial charge is 0.330 e. The predicted octanol–water partition coefficient (Wildman–Crippen LogP) is -1.67. The van der Waals surface area contributed by atoms with Gasteiger partial charge in [0.05, 0.1) is 25.2 Å². The molecule has 3 atom stereocenters.